The first-order valence-electron chi connectivity index (χ1n) is 11.3. The van der Waals surface area contributed by atoms with E-state index in [0.29, 0.717) is 5.92 Å². The second kappa shape index (κ2) is 10.7. The number of amides is 2. The maximum absolute atomic E-state index is 12.8. The molecule has 0 radical (unpaired) electrons. The van der Waals surface area contributed by atoms with Gasteiger partial charge >= 0.3 is 0 Å². The number of likely N-dealkylation sites (tertiary alicyclic amines) is 2. The Balaban J connectivity index is 1.39. The van der Waals surface area contributed by atoms with Gasteiger partial charge in [-0.05, 0) is 56.7 Å². The molecule has 2 aliphatic heterocycles. The van der Waals surface area contributed by atoms with Crippen molar-refractivity contribution in [2.75, 3.05) is 39.3 Å². The summed E-state index contributed by atoms with van der Waals surface area (Å²) >= 11 is 0. The van der Waals surface area contributed by atoms with Crippen LogP contribution in [-0.4, -0.2) is 66.7 Å². The molecule has 1 aromatic rings. The third-order valence-electron chi connectivity index (χ3n) is 6.10. The Kier molecular flexibility index (Phi) is 8.02. The number of nitrogens with one attached hydrogen (secondary N) is 1. The topological polar surface area (TPSA) is 69.7 Å². The van der Waals surface area contributed by atoms with Crippen molar-refractivity contribution in [3.63, 3.8) is 0 Å². The molecule has 6 heteroatoms. The third kappa shape index (κ3) is 6.39. The minimum Gasteiger partial charge on any atom is -0.346 e. The Morgan fingerprint density at radius 2 is 1.63 bits per heavy atom. The van der Waals surface area contributed by atoms with Crippen molar-refractivity contribution in [1.82, 2.24) is 15.1 Å². The summed E-state index contributed by atoms with van der Waals surface area (Å²) in [6, 6.07) is 8.04. The smallest absolute Gasteiger partial charge is 0.241 e. The number of carbonyl (C=O) groups is 3. The first-order valence-corrected chi connectivity index (χ1v) is 11.3. The Bertz CT molecular complexity index is 731. The molecular weight excluding hydrogens is 378 g/mol. The maximum Gasteiger partial charge on any atom is 0.241 e. The normalized spacial score (nSPS) is 18.0. The molecule has 2 amide bonds. The van der Waals surface area contributed by atoms with Crippen molar-refractivity contribution in [2.24, 2.45) is 11.8 Å². The molecule has 0 atom stereocenters. The number of piperidine rings is 1. The molecule has 1 aromatic carbocycles. The zero-order valence-electron chi connectivity index (χ0n) is 18.4. The average molecular weight is 414 g/mol. The molecule has 0 aliphatic carbocycles. The fourth-order valence-corrected chi connectivity index (χ4v) is 4.38. The lowest BCUT2D eigenvalue weighted by Crippen LogP contribution is -2.45. The molecule has 6 nitrogen and oxygen atoms in total. The fraction of sp³-hybridized carbons (Fsp3) is 0.625. The first kappa shape index (κ1) is 22.5. The highest BCUT2D eigenvalue weighted by Gasteiger charge is 2.27. The predicted molar refractivity (Wildman–Crippen MR) is 117 cm³/mol. The molecule has 30 heavy (non-hydrogen) atoms. The number of benzene rings is 1. The van der Waals surface area contributed by atoms with E-state index in [2.05, 4.69) is 36.2 Å². The Labute approximate surface area is 180 Å². The second-order valence-electron chi connectivity index (χ2n) is 9.07. The quantitative estimate of drug-likeness (QED) is 0.665. The van der Waals surface area contributed by atoms with Gasteiger partial charge in [0.25, 0.3) is 0 Å². The number of rotatable bonds is 8. The van der Waals surface area contributed by atoms with Crippen molar-refractivity contribution < 1.29 is 14.4 Å². The molecule has 3 rings (SSSR count). The molecule has 0 aromatic heterocycles. The number of carbonyl (C=O) groups excluding carboxylic acids is 3. The van der Waals surface area contributed by atoms with Gasteiger partial charge in [-0.15, -0.1) is 0 Å². The van der Waals surface area contributed by atoms with Crippen LogP contribution in [0.25, 0.3) is 0 Å². The Hall–Kier alpha value is -2.21. The summed E-state index contributed by atoms with van der Waals surface area (Å²) < 4.78 is 0. The monoisotopic (exact) mass is 413 g/mol. The van der Waals surface area contributed by atoms with E-state index in [4.69, 9.17) is 0 Å². The van der Waals surface area contributed by atoms with Crippen molar-refractivity contribution in [3.8, 4) is 0 Å². The predicted octanol–water partition coefficient (Wildman–Crippen LogP) is 2.52. The second-order valence-corrected chi connectivity index (χ2v) is 9.07. The van der Waals surface area contributed by atoms with E-state index in [1.54, 1.807) is 0 Å². The number of hydrogen-bond acceptors (Lipinski definition) is 4. The fourth-order valence-electron chi connectivity index (χ4n) is 4.38. The van der Waals surface area contributed by atoms with Crippen LogP contribution in [0.5, 0.6) is 0 Å². The summed E-state index contributed by atoms with van der Waals surface area (Å²) in [5.74, 6) is 0.729. The lowest BCUT2D eigenvalue weighted by molar-refractivity contribution is -0.132. The number of nitrogens with zero attached hydrogens (tertiary/aromatic N) is 2. The van der Waals surface area contributed by atoms with E-state index in [0.717, 1.165) is 63.8 Å². The lowest BCUT2D eigenvalue weighted by Gasteiger charge is -2.30. The van der Waals surface area contributed by atoms with Gasteiger partial charge in [0.05, 0.1) is 13.1 Å². The Morgan fingerprint density at radius 1 is 1.00 bits per heavy atom. The van der Waals surface area contributed by atoms with Crippen LogP contribution in [0.3, 0.4) is 0 Å². The molecule has 164 valence electrons. The van der Waals surface area contributed by atoms with Crippen molar-refractivity contribution in [3.05, 3.63) is 35.4 Å². The summed E-state index contributed by atoms with van der Waals surface area (Å²) in [6.07, 6.45) is 4.67. The molecule has 2 heterocycles. The van der Waals surface area contributed by atoms with Crippen molar-refractivity contribution in [2.45, 2.75) is 46.0 Å². The van der Waals surface area contributed by atoms with Crippen LogP contribution in [0, 0.1) is 11.8 Å². The largest absolute Gasteiger partial charge is 0.346 e. The van der Waals surface area contributed by atoms with Gasteiger partial charge in [-0.2, -0.15) is 0 Å². The van der Waals surface area contributed by atoms with Crippen LogP contribution in [0.1, 0.15) is 55.5 Å². The van der Waals surface area contributed by atoms with Gasteiger partial charge in [-0.25, -0.2) is 0 Å². The van der Waals surface area contributed by atoms with Gasteiger partial charge in [0, 0.05) is 24.6 Å². The lowest BCUT2D eigenvalue weighted by atomic mass is 9.88. The van der Waals surface area contributed by atoms with Gasteiger partial charge in [0.1, 0.15) is 0 Å². The summed E-state index contributed by atoms with van der Waals surface area (Å²) in [7, 11) is 0. The maximum atomic E-state index is 12.8. The zero-order valence-corrected chi connectivity index (χ0v) is 18.4. The van der Waals surface area contributed by atoms with Crippen LogP contribution in [0.15, 0.2) is 24.3 Å². The molecule has 0 unspecified atom stereocenters. The highest BCUT2D eigenvalue weighted by atomic mass is 16.2. The van der Waals surface area contributed by atoms with Gasteiger partial charge in [-0.1, -0.05) is 38.1 Å². The van der Waals surface area contributed by atoms with Gasteiger partial charge in [-0.3, -0.25) is 19.3 Å². The van der Waals surface area contributed by atoms with E-state index in [9.17, 15) is 14.4 Å². The van der Waals surface area contributed by atoms with Crippen LogP contribution in [0.4, 0.5) is 0 Å². The molecule has 0 saturated carbocycles. The molecule has 2 saturated heterocycles. The minimum atomic E-state index is -0.118. The number of Topliss-reactive ketones (excluding diaryl/α,β-unsaturated/α-hetero) is 1. The van der Waals surface area contributed by atoms with Crippen LogP contribution in [-0.2, 0) is 16.0 Å². The molecule has 0 spiro atoms. The van der Waals surface area contributed by atoms with Gasteiger partial charge in [0.15, 0.2) is 5.78 Å². The average Bonchev–Trinajstić information content (AvgIpc) is 3.27. The summed E-state index contributed by atoms with van der Waals surface area (Å²) in [5, 5.41) is 2.75. The SMILES string of the molecule is CC(C)Cc1ccc(C(=O)C2CCN(CC(=O)NCC(=O)N3CCCC3)CC2)cc1. The molecular formula is C24H35N3O3. The highest BCUT2D eigenvalue weighted by Crippen LogP contribution is 2.22. The summed E-state index contributed by atoms with van der Waals surface area (Å²) in [4.78, 5) is 40.9. The number of hydrogen-bond donors (Lipinski definition) is 1. The zero-order chi connectivity index (χ0) is 21.5. The molecule has 1 N–H and O–H groups in total. The van der Waals surface area contributed by atoms with Crippen LogP contribution >= 0.6 is 0 Å². The standard InChI is InChI=1S/C24H35N3O3/c1-18(2)15-19-5-7-20(8-6-19)24(30)21-9-13-26(14-10-21)17-22(28)25-16-23(29)27-11-3-4-12-27/h5-8,18,21H,3-4,9-17H2,1-2H3,(H,25,28). The van der Waals surface area contributed by atoms with E-state index >= 15 is 0 Å². The number of ketones is 1. The molecule has 2 aliphatic rings. The molecule has 0 bridgehead atoms. The highest BCUT2D eigenvalue weighted by molar-refractivity contribution is 5.98. The molecule has 2 fully saturated rings. The van der Waals surface area contributed by atoms with Crippen LogP contribution < -0.4 is 5.32 Å². The van der Waals surface area contributed by atoms with Crippen molar-refractivity contribution >= 4 is 17.6 Å². The Morgan fingerprint density at radius 3 is 2.23 bits per heavy atom. The summed E-state index contributed by atoms with van der Waals surface area (Å²) in [6.45, 7) is 7.83. The van der Waals surface area contributed by atoms with Crippen molar-refractivity contribution in [1.29, 1.82) is 0 Å². The van der Waals surface area contributed by atoms with E-state index < -0.39 is 0 Å². The van der Waals surface area contributed by atoms with Gasteiger partial charge in [0.2, 0.25) is 11.8 Å². The van der Waals surface area contributed by atoms with Crippen LogP contribution in [0.2, 0.25) is 0 Å². The van der Waals surface area contributed by atoms with Gasteiger partial charge < -0.3 is 10.2 Å². The first-order chi connectivity index (χ1) is 14.4. The third-order valence-corrected chi connectivity index (χ3v) is 6.10. The summed E-state index contributed by atoms with van der Waals surface area (Å²) in [5.41, 5.74) is 2.06. The van der Waals surface area contributed by atoms with E-state index in [1.807, 2.05) is 17.0 Å². The minimum absolute atomic E-state index is 0.00423. The van der Waals surface area contributed by atoms with E-state index in [1.165, 1.54) is 5.56 Å². The van der Waals surface area contributed by atoms with E-state index in [-0.39, 0.29) is 36.6 Å².